The van der Waals surface area contributed by atoms with Crippen LogP contribution in [-0.4, -0.2) is 17.4 Å². The molecule has 1 aromatic heterocycles. The van der Waals surface area contributed by atoms with Gasteiger partial charge in [0.15, 0.2) is 5.13 Å². The number of hydrogen-bond donors (Lipinski definition) is 2. The Bertz CT molecular complexity index is 743. The molecule has 2 N–H and O–H groups in total. The summed E-state index contributed by atoms with van der Waals surface area (Å²) in [5.74, 6) is 1.36. The van der Waals surface area contributed by atoms with Crippen LogP contribution >= 0.6 is 11.3 Å². The zero-order chi connectivity index (χ0) is 15.9. The van der Waals surface area contributed by atoms with Gasteiger partial charge in [-0.05, 0) is 36.4 Å². The number of hydrogen-bond acceptors (Lipinski definition) is 5. The zero-order valence-electron chi connectivity index (χ0n) is 12.2. The molecule has 0 saturated heterocycles. The van der Waals surface area contributed by atoms with E-state index in [0.717, 1.165) is 22.3 Å². The monoisotopic (exact) mass is 325 g/mol. The van der Waals surface area contributed by atoms with Gasteiger partial charge in [-0.15, -0.1) is 11.3 Å². The maximum atomic E-state index is 11.9. The molecular weight excluding hydrogens is 310 g/mol. The highest BCUT2D eigenvalue weighted by Gasteiger charge is 2.04. The Morgan fingerprint density at radius 2 is 1.78 bits per heavy atom. The predicted molar refractivity (Wildman–Crippen MR) is 92.2 cm³/mol. The maximum absolute atomic E-state index is 11.9. The second-order valence-corrected chi connectivity index (χ2v) is 5.57. The number of amides is 1. The smallest absolute Gasteiger partial charge is 0.243 e. The van der Waals surface area contributed by atoms with E-state index in [0.29, 0.717) is 0 Å². The van der Waals surface area contributed by atoms with Crippen LogP contribution in [0.2, 0.25) is 0 Å². The maximum Gasteiger partial charge on any atom is 0.243 e. The van der Waals surface area contributed by atoms with Crippen molar-refractivity contribution in [3.63, 3.8) is 0 Å². The van der Waals surface area contributed by atoms with Crippen LogP contribution in [0.25, 0.3) is 0 Å². The van der Waals surface area contributed by atoms with Crippen molar-refractivity contribution >= 4 is 28.1 Å². The number of aromatic nitrogens is 1. The van der Waals surface area contributed by atoms with Crippen LogP contribution in [0.3, 0.4) is 0 Å². The van der Waals surface area contributed by atoms with E-state index in [4.69, 9.17) is 4.74 Å². The van der Waals surface area contributed by atoms with E-state index in [1.807, 2.05) is 47.8 Å². The Balaban J connectivity index is 1.51. The van der Waals surface area contributed by atoms with Crippen molar-refractivity contribution in [2.75, 3.05) is 17.2 Å². The minimum absolute atomic E-state index is 0.128. The minimum Gasteiger partial charge on any atom is -0.457 e. The number of nitrogens with one attached hydrogen (secondary N) is 2. The van der Waals surface area contributed by atoms with E-state index < -0.39 is 0 Å². The minimum atomic E-state index is -0.128. The van der Waals surface area contributed by atoms with Crippen LogP contribution in [0, 0.1) is 0 Å². The van der Waals surface area contributed by atoms with Crippen LogP contribution < -0.4 is 15.4 Å². The SMILES string of the molecule is O=C(CNc1nccs1)Nc1ccc(Oc2ccccc2)cc1. The van der Waals surface area contributed by atoms with Gasteiger partial charge in [-0.1, -0.05) is 18.2 Å². The standard InChI is InChI=1S/C17H15N3O2S/c21-16(12-19-17-18-10-11-23-17)20-13-6-8-15(9-7-13)22-14-4-2-1-3-5-14/h1-11H,12H2,(H,18,19)(H,20,21). The van der Waals surface area contributed by atoms with Gasteiger partial charge in [0.25, 0.3) is 0 Å². The van der Waals surface area contributed by atoms with Gasteiger partial charge in [-0.3, -0.25) is 4.79 Å². The average molecular weight is 325 g/mol. The highest BCUT2D eigenvalue weighted by Crippen LogP contribution is 2.22. The molecule has 116 valence electrons. The number of ether oxygens (including phenoxy) is 1. The summed E-state index contributed by atoms with van der Waals surface area (Å²) >= 11 is 1.46. The first-order valence-electron chi connectivity index (χ1n) is 7.06. The van der Waals surface area contributed by atoms with Crippen LogP contribution in [0.4, 0.5) is 10.8 Å². The molecule has 0 spiro atoms. The lowest BCUT2D eigenvalue weighted by Crippen LogP contribution is -2.21. The number of carbonyl (C=O) groups excluding carboxylic acids is 1. The third kappa shape index (κ3) is 4.55. The highest BCUT2D eigenvalue weighted by atomic mass is 32.1. The Hall–Kier alpha value is -2.86. The van der Waals surface area contributed by atoms with Crippen molar-refractivity contribution in [3.05, 3.63) is 66.2 Å². The van der Waals surface area contributed by atoms with E-state index in [2.05, 4.69) is 15.6 Å². The van der Waals surface area contributed by atoms with Crippen LogP contribution in [0.15, 0.2) is 66.2 Å². The molecule has 2 aromatic carbocycles. The number of carbonyl (C=O) groups is 1. The van der Waals surface area contributed by atoms with Gasteiger partial charge in [-0.2, -0.15) is 0 Å². The summed E-state index contributed by atoms with van der Waals surface area (Å²) < 4.78 is 5.70. The Kier molecular flexibility index (Phi) is 4.85. The first-order chi connectivity index (χ1) is 11.3. The summed E-state index contributed by atoms with van der Waals surface area (Å²) in [5.41, 5.74) is 0.719. The molecule has 3 aromatic rings. The first kappa shape index (κ1) is 15.1. The van der Waals surface area contributed by atoms with Gasteiger partial charge < -0.3 is 15.4 Å². The van der Waals surface area contributed by atoms with Crippen LogP contribution in [0.5, 0.6) is 11.5 Å². The summed E-state index contributed by atoms with van der Waals surface area (Å²) in [7, 11) is 0. The number of thiazole rings is 1. The quantitative estimate of drug-likeness (QED) is 0.719. The molecule has 0 aliphatic heterocycles. The molecule has 5 nitrogen and oxygen atoms in total. The van der Waals surface area contributed by atoms with Gasteiger partial charge in [0.2, 0.25) is 5.91 Å². The molecule has 0 bridgehead atoms. The lowest BCUT2D eigenvalue weighted by atomic mass is 10.3. The number of nitrogens with zero attached hydrogens (tertiary/aromatic N) is 1. The summed E-state index contributed by atoms with van der Waals surface area (Å²) in [4.78, 5) is 15.9. The molecule has 1 heterocycles. The van der Waals surface area contributed by atoms with Gasteiger partial charge in [0, 0.05) is 17.3 Å². The van der Waals surface area contributed by atoms with Crippen molar-refractivity contribution in [2.24, 2.45) is 0 Å². The summed E-state index contributed by atoms with van der Waals surface area (Å²) in [5, 5.41) is 8.36. The van der Waals surface area contributed by atoms with Gasteiger partial charge in [-0.25, -0.2) is 4.98 Å². The van der Waals surface area contributed by atoms with Crippen LogP contribution in [0.1, 0.15) is 0 Å². The molecule has 0 radical (unpaired) electrons. The molecule has 0 fully saturated rings. The fraction of sp³-hybridized carbons (Fsp3) is 0.0588. The fourth-order valence-electron chi connectivity index (χ4n) is 1.90. The second-order valence-electron chi connectivity index (χ2n) is 4.68. The van der Waals surface area contributed by atoms with Gasteiger partial charge in [0.1, 0.15) is 11.5 Å². The van der Waals surface area contributed by atoms with E-state index in [1.54, 1.807) is 18.3 Å². The van der Waals surface area contributed by atoms with E-state index in [9.17, 15) is 4.79 Å². The molecule has 0 unspecified atom stereocenters. The molecule has 0 aliphatic rings. The molecule has 6 heteroatoms. The highest BCUT2D eigenvalue weighted by molar-refractivity contribution is 7.13. The molecule has 0 aliphatic carbocycles. The van der Waals surface area contributed by atoms with Crippen LogP contribution in [-0.2, 0) is 4.79 Å². The number of anilines is 2. The average Bonchev–Trinajstić information content (AvgIpc) is 3.09. The van der Waals surface area contributed by atoms with E-state index in [-0.39, 0.29) is 12.5 Å². The molecule has 0 atom stereocenters. The van der Waals surface area contributed by atoms with Crippen molar-refractivity contribution in [1.82, 2.24) is 4.98 Å². The fourth-order valence-corrected chi connectivity index (χ4v) is 2.43. The van der Waals surface area contributed by atoms with Crippen molar-refractivity contribution < 1.29 is 9.53 Å². The molecule has 23 heavy (non-hydrogen) atoms. The van der Waals surface area contributed by atoms with Crippen molar-refractivity contribution in [1.29, 1.82) is 0 Å². The largest absolute Gasteiger partial charge is 0.457 e. The van der Waals surface area contributed by atoms with E-state index >= 15 is 0 Å². The zero-order valence-corrected chi connectivity index (χ0v) is 13.0. The van der Waals surface area contributed by atoms with Gasteiger partial charge in [0.05, 0.1) is 6.54 Å². The topological polar surface area (TPSA) is 63.2 Å². The lowest BCUT2D eigenvalue weighted by Gasteiger charge is -2.08. The number of rotatable bonds is 6. The summed E-state index contributed by atoms with van der Waals surface area (Å²) in [6.45, 7) is 0.176. The number of benzene rings is 2. The summed E-state index contributed by atoms with van der Waals surface area (Å²) in [6, 6.07) is 16.8. The molecule has 0 saturated carbocycles. The normalized spacial score (nSPS) is 10.1. The Morgan fingerprint density at radius 3 is 2.48 bits per heavy atom. The molecule has 1 amide bonds. The van der Waals surface area contributed by atoms with Crippen molar-refractivity contribution in [3.8, 4) is 11.5 Å². The summed E-state index contributed by atoms with van der Waals surface area (Å²) in [6.07, 6.45) is 1.69. The predicted octanol–water partition coefficient (Wildman–Crippen LogP) is 3.99. The Morgan fingerprint density at radius 1 is 1.04 bits per heavy atom. The van der Waals surface area contributed by atoms with Gasteiger partial charge >= 0.3 is 0 Å². The lowest BCUT2D eigenvalue weighted by molar-refractivity contribution is -0.114. The Labute approximate surface area is 138 Å². The molecule has 3 rings (SSSR count). The van der Waals surface area contributed by atoms with Crippen molar-refractivity contribution in [2.45, 2.75) is 0 Å². The van der Waals surface area contributed by atoms with E-state index in [1.165, 1.54) is 11.3 Å². The number of para-hydroxylation sites is 1. The first-order valence-corrected chi connectivity index (χ1v) is 7.94. The molecular formula is C17H15N3O2S. The third-order valence-electron chi connectivity index (χ3n) is 2.95. The second kappa shape index (κ2) is 7.42. The third-order valence-corrected chi connectivity index (χ3v) is 3.68.